The lowest BCUT2D eigenvalue weighted by Crippen LogP contribution is -2.36. The van der Waals surface area contributed by atoms with E-state index in [1.165, 1.54) is 0 Å². The van der Waals surface area contributed by atoms with Crippen molar-refractivity contribution in [1.29, 1.82) is 0 Å². The van der Waals surface area contributed by atoms with E-state index in [0.717, 1.165) is 16.6 Å². The fraction of sp³-hybridized carbons (Fsp3) is 0.300. The molecule has 0 aliphatic heterocycles. The zero-order valence-corrected chi connectivity index (χ0v) is 11.3. The van der Waals surface area contributed by atoms with Crippen molar-refractivity contribution in [1.82, 2.24) is 5.43 Å². The van der Waals surface area contributed by atoms with Crippen LogP contribution in [0.2, 0.25) is 5.02 Å². The number of hydrazine groups is 1. The number of nitrogens with zero attached hydrogens (tertiary/aromatic N) is 1. The van der Waals surface area contributed by atoms with Crippen LogP contribution in [0.4, 0.5) is 5.69 Å². The van der Waals surface area contributed by atoms with Crippen molar-refractivity contribution in [3.63, 3.8) is 0 Å². The molecule has 0 radical (unpaired) electrons. The fourth-order valence-electron chi connectivity index (χ4n) is 1.06. The summed E-state index contributed by atoms with van der Waals surface area (Å²) in [6, 6.07) is 5.55. The van der Waals surface area contributed by atoms with Crippen LogP contribution >= 0.6 is 27.5 Å². The zero-order valence-electron chi connectivity index (χ0n) is 8.93. The first kappa shape index (κ1) is 13.3. The average Bonchev–Trinajstić information content (AvgIpc) is 2.27. The maximum absolute atomic E-state index is 6.05. The molecule has 6 heteroatoms. The molecular formula is C10H14BrClN4. The van der Waals surface area contributed by atoms with Crippen molar-refractivity contribution >= 4 is 39.2 Å². The predicted octanol–water partition coefficient (Wildman–Crippen LogP) is 2.74. The smallest absolute Gasteiger partial charge is 0.210 e. The second-order valence-corrected chi connectivity index (χ2v) is 4.45. The average molecular weight is 306 g/mol. The van der Waals surface area contributed by atoms with E-state index in [1.807, 2.05) is 19.1 Å². The van der Waals surface area contributed by atoms with Crippen molar-refractivity contribution < 1.29 is 0 Å². The van der Waals surface area contributed by atoms with Gasteiger partial charge in [0.25, 0.3) is 0 Å². The molecule has 0 aliphatic rings. The highest BCUT2D eigenvalue weighted by Crippen LogP contribution is 2.25. The summed E-state index contributed by atoms with van der Waals surface area (Å²) < 4.78 is 0.927. The Hall–Kier alpha value is -0.780. The van der Waals surface area contributed by atoms with E-state index in [4.69, 9.17) is 17.4 Å². The molecule has 16 heavy (non-hydrogen) atoms. The van der Waals surface area contributed by atoms with Gasteiger partial charge in [-0.3, -0.25) is 10.4 Å². The van der Waals surface area contributed by atoms with Crippen LogP contribution < -0.4 is 16.6 Å². The number of anilines is 1. The lowest BCUT2D eigenvalue weighted by atomic mass is 10.3. The number of nitrogens with one attached hydrogen (secondary N) is 2. The highest BCUT2D eigenvalue weighted by molar-refractivity contribution is 9.10. The summed E-state index contributed by atoms with van der Waals surface area (Å²) in [5.74, 6) is 5.85. The third-order valence-corrected chi connectivity index (χ3v) is 2.62. The number of guanidine groups is 1. The van der Waals surface area contributed by atoms with Gasteiger partial charge in [0.2, 0.25) is 5.96 Å². The van der Waals surface area contributed by atoms with Crippen LogP contribution in [0, 0.1) is 0 Å². The Morgan fingerprint density at radius 2 is 2.31 bits per heavy atom. The van der Waals surface area contributed by atoms with Gasteiger partial charge in [0.15, 0.2) is 0 Å². The van der Waals surface area contributed by atoms with Gasteiger partial charge in [-0.05, 0) is 24.6 Å². The van der Waals surface area contributed by atoms with Crippen LogP contribution in [0.5, 0.6) is 0 Å². The van der Waals surface area contributed by atoms with Gasteiger partial charge in [-0.15, -0.1) is 0 Å². The second-order valence-electron chi connectivity index (χ2n) is 3.12. The molecule has 0 aromatic heterocycles. The SMILES string of the molecule is CCCN=C(NN)Nc1ccc(Br)cc1Cl. The normalized spacial score (nSPS) is 11.4. The van der Waals surface area contributed by atoms with Crippen LogP contribution in [0.25, 0.3) is 0 Å². The number of rotatable bonds is 3. The van der Waals surface area contributed by atoms with E-state index in [1.54, 1.807) is 6.07 Å². The summed E-state index contributed by atoms with van der Waals surface area (Å²) in [6.07, 6.45) is 0.959. The highest BCUT2D eigenvalue weighted by Gasteiger charge is 2.03. The summed E-state index contributed by atoms with van der Waals surface area (Å²) in [5, 5.41) is 3.63. The van der Waals surface area contributed by atoms with Gasteiger partial charge in [-0.25, -0.2) is 5.84 Å². The summed E-state index contributed by atoms with van der Waals surface area (Å²) in [7, 11) is 0. The maximum atomic E-state index is 6.05. The molecule has 0 spiro atoms. The highest BCUT2D eigenvalue weighted by atomic mass is 79.9. The lowest BCUT2D eigenvalue weighted by molar-refractivity contribution is 0.905. The van der Waals surface area contributed by atoms with E-state index in [0.29, 0.717) is 17.5 Å². The van der Waals surface area contributed by atoms with Crippen LogP contribution in [0.3, 0.4) is 0 Å². The van der Waals surface area contributed by atoms with Gasteiger partial charge >= 0.3 is 0 Å². The maximum Gasteiger partial charge on any atom is 0.210 e. The Kier molecular flexibility index (Phi) is 5.59. The monoisotopic (exact) mass is 304 g/mol. The molecule has 0 bridgehead atoms. The first-order valence-corrected chi connectivity index (χ1v) is 6.07. The predicted molar refractivity (Wildman–Crippen MR) is 72.7 cm³/mol. The lowest BCUT2D eigenvalue weighted by Gasteiger charge is -2.10. The molecule has 88 valence electrons. The largest absolute Gasteiger partial charge is 0.324 e. The van der Waals surface area contributed by atoms with Gasteiger partial charge < -0.3 is 5.32 Å². The molecule has 4 N–H and O–H groups in total. The van der Waals surface area contributed by atoms with Crippen LogP contribution in [-0.2, 0) is 0 Å². The molecule has 0 fully saturated rings. The Bertz CT molecular complexity index is 381. The van der Waals surface area contributed by atoms with Gasteiger partial charge in [0.05, 0.1) is 10.7 Å². The van der Waals surface area contributed by atoms with Crippen LogP contribution in [-0.4, -0.2) is 12.5 Å². The zero-order chi connectivity index (χ0) is 12.0. The van der Waals surface area contributed by atoms with Crippen molar-refractivity contribution in [2.24, 2.45) is 10.8 Å². The summed E-state index contributed by atoms with van der Waals surface area (Å²) >= 11 is 9.39. The van der Waals surface area contributed by atoms with Gasteiger partial charge in [-0.1, -0.05) is 34.5 Å². The minimum Gasteiger partial charge on any atom is -0.324 e. The Balaban J connectivity index is 2.78. The van der Waals surface area contributed by atoms with Gasteiger partial charge in [0.1, 0.15) is 0 Å². The number of hydrogen-bond donors (Lipinski definition) is 3. The minimum absolute atomic E-state index is 0.506. The third-order valence-electron chi connectivity index (χ3n) is 1.81. The van der Waals surface area contributed by atoms with E-state index in [9.17, 15) is 0 Å². The number of aliphatic imine (C=N–C) groups is 1. The molecule has 0 unspecified atom stereocenters. The summed E-state index contributed by atoms with van der Waals surface area (Å²) in [5.41, 5.74) is 3.26. The van der Waals surface area contributed by atoms with Gasteiger partial charge in [-0.2, -0.15) is 0 Å². The number of benzene rings is 1. The van der Waals surface area contributed by atoms with Gasteiger partial charge in [0, 0.05) is 11.0 Å². The van der Waals surface area contributed by atoms with Crippen LogP contribution in [0.15, 0.2) is 27.7 Å². The molecule has 0 aliphatic carbocycles. The molecule has 0 saturated carbocycles. The van der Waals surface area contributed by atoms with Crippen molar-refractivity contribution in [2.45, 2.75) is 13.3 Å². The topological polar surface area (TPSA) is 62.4 Å². The van der Waals surface area contributed by atoms with Crippen molar-refractivity contribution in [2.75, 3.05) is 11.9 Å². The Morgan fingerprint density at radius 3 is 2.88 bits per heavy atom. The first-order chi connectivity index (χ1) is 7.67. The van der Waals surface area contributed by atoms with Crippen molar-refractivity contribution in [3.05, 3.63) is 27.7 Å². The Labute approximate surface area is 108 Å². The second kappa shape index (κ2) is 6.73. The van der Waals surface area contributed by atoms with E-state index in [-0.39, 0.29) is 0 Å². The summed E-state index contributed by atoms with van der Waals surface area (Å²) in [6.45, 7) is 2.75. The van der Waals surface area contributed by atoms with E-state index < -0.39 is 0 Å². The fourth-order valence-corrected chi connectivity index (χ4v) is 1.78. The number of hydrogen-bond acceptors (Lipinski definition) is 2. The van der Waals surface area contributed by atoms with E-state index >= 15 is 0 Å². The number of nitrogens with two attached hydrogens (primary N) is 1. The van der Waals surface area contributed by atoms with Crippen LogP contribution in [0.1, 0.15) is 13.3 Å². The minimum atomic E-state index is 0.506. The molecule has 1 aromatic rings. The molecule has 0 saturated heterocycles. The first-order valence-electron chi connectivity index (χ1n) is 4.90. The third kappa shape index (κ3) is 4.00. The molecule has 0 amide bonds. The number of halogens is 2. The molecule has 1 aromatic carbocycles. The molecule has 4 nitrogen and oxygen atoms in total. The molecule has 1 rings (SSSR count). The molecule has 0 atom stereocenters. The Morgan fingerprint density at radius 1 is 1.56 bits per heavy atom. The standard InChI is InChI=1S/C10H14BrClN4/c1-2-5-14-10(16-13)15-9-4-3-7(11)6-8(9)12/h3-4,6H,2,5,13H2,1H3,(H2,14,15,16). The van der Waals surface area contributed by atoms with E-state index in [2.05, 4.69) is 31.7 Å². The quantitative estimate of drug-likeness (QED) is 0.348. The van der Waals surface area contributed by atoms with Crippen molar-refractivity contribution in [3.8, 4) is 0 Å². The molecule has 0 heterocycles. The molecular weight excluding hydrogens is 291 g/mol. The summed E-state index contributed by atoms with van der Waals surface area (Å²) in [4.78, 5) is 4.22.